The topological polar surface area (TPSA) is 159 Å². The van der Waals surface area contributed by atoms with Crippen LogP contribution in [0.25, 0.3) is 11.3 Å². The second-order valence-corrected chi connectivity index (χ2v) is 7.15. The van der Waals surface area contributed by atoms with Crippen LogP contribution in [0.15, 0.2) is 47.5 Å². The van der Waals surface area contributed by atoms with Crippen molar-refractivity contribution in [1.82, 2.24) is 30.4 Å². The molecule has 2 aromatic heterocycles. The minimum Gasteiger partial charge on any atom is -0.475 e. The van der Waals surface area contributed by atoms with Gasteiger partial charge in [-0.25, -0.2) is 14.8 Å². The third-order valence-corrected chi connectivity index (χ3v) is 4.65. The van der Waals surface area contributed by atoms with Crippen molar-refractivity contribution in [2.24, 2.45) is 0 Å². The molecular weight excluding hydrogens is 459 g/mol. The van der Waals surface area contributed by atoms with Gasteiger partial charge in [-0.05, 0) is 18.6 Å². The van der Waals surface area contributed by atoms with E-state index in [2.05, 4.69) is 31.8 Å². The predicted molar refractivity (Wildman–Crippen MR) is 108 cm³/mol. The first-order valence-corrected chi connectivity index (χ1v) is 9.79. The summed E-state index contributed by atoms with van der Waals surface area (Å²) in [6, 6.07) is 9.24. The van der Waals surface area contributed by atoms with Gasteiger partial charge in [-0.3, -0.25) is 9.48 Å². The van der Waals surface area contributed by atoms with Crippen LogP contribution < -0.4 is 10.6 Å². The van der Waals surface area contributed by atoms with Crippen molar-refractivity contribution in [2.45, 2.75) is 31.2 Å². The smallest absolute Gasteiger partial charge is 0.475 e. The number of amides is 1. The van der Waals surface area contributed by atoms with Crippen molar-refractivity contribution in [3.05, 3.63) is 54.6 Å². The van der Waals surface area contributed by atoms with Crippen molar-refractivity contribution in [1.29, 1.82) is 5.26 Å². The quantitative estimate of drug-likeness (QED) is 0.496. The number of nitriles is 1. The molecule has 0 bridgehead atoms. The Morgan fingerprint density at radius 1 is 1.38 bits per heavy atom. The Morgan fingerprint density at radius 3 is 2.79 bits per heavy atom. The van der Waals surface area contributed by atoms with Gasteiger partial charge in [0.15, 0.2) is 5.76 Å². The average Bonchev–Trinajstić information content (AvgIpc) is 3.56. The van der Waals surface area contributed by atoms with E-state index in [0.717, 1.165) is 6.42 Å². The minimum absolute atomic E-state index is 0.00656. The van der Waals surface area contributed by atoms with E-state index in [4.69, 9.17) is 19.6 Å². The molecule has 1 amide bonds. The maximum Gasteiger partial charge on any atom is 0.490 e. The zero-order valence-corrected chi connectivity index (χ0v) is 17.4. The molecule has 11 nitrogen and oxygen atoms in total. The molecule has 0 aliphatic carbocycles. The van der Waals surface area contributed by atoms with Crippen molar-refractivity contribution >= 4 is 11.9 Å². The molecule has 1 aliphatic rings. The Morgan fingerprint density at radius 2 is 2.15 bits per heavy atom. The van der Waals surface area contributed by atoms with E-state index in [1.165, 1.54) is 12.5 Å². The lowest BCUT2D eigenvalue weighted by Crippen LogP contribution is -2.36. The zero-order valence-electron chi connectivity index (χ0n) is 17.4. The number of hydrogen-bond donors (Lipinski definition) is 3. The summed E-state index contributed by atoms with van der Waals surface area (Å²) in [6.45, 7) is 1.37. The van der Waals surface area contributed by atoms with Crippen LogP contribution in [0.4, 0.5) is 13.2 Å². The minimum atomic E-state index is -5.08. The van der Waals surface area contributed by atoms with E-state index in [1.54, 1.807) is 35.3 Å². The van der Waals surface area contributed by atoms with Crippen LogP contribution in [0.5, 0.6) is 0 Å². The van der Waals surface area contributed by atoms with Crippen molar-refractivity contribution in [3.63, 3.8) is 0 Å². The van der Waals surface area contributed by atoms with Crippen LogP contribution in [-0.4, -0.2) is 61.5 Å². The van der Waals surface area contributed by atoms with Gasteiger partial charge in [0.05, 0.1) is 24.4 Å². The van der Waals surface area contributed by atoms with Crippen molar-refractivity contribution in [3.8, 4) is 17.4 Å². The molecule has 1 aromatic carbocycles. The molecule has 178 valence electrons. The summed E-state index contributed by atoms with van der Waals surface area (Å²) >= 11 is 0. The molecule has 1 fully saturated rings. The Hall–Kier alpha value is -4.25. The Kier molecular flexibility index (Phi) is 7.59. The number of oxazole rings is 1. The van der Waals surface area contributed by atoms with Gasteiger partial charge in [-0.2, -0.15) is 23.5 Å². The van der Waals surface area contributed by atoms with E-state index >= 15 is 0 Å². The number of benzene rings is 1. The van der Waals surface area contributed by atoms with Gasteiger partial charge >= 0.3 is 18.1 Å². The van der Waals surface area contributed by atoms with Crippen molar-refractivity contribution < 1.29 is 32.3 Å². The summed E-state index contributed by atoms with van der Waals surface area (Å²) in [7, 11) is 0. The summed E-state index contributed by atoms with van der Waals surface area (Å²) in [4.78, 5) is 29.3. The van der Waals surface area contributed by atoms with Gasteiger partial charge in [0, 0.05) is 24.2 Å². The number of carboxylic acid groups (broad SMARTS) is 1. The van der Waals surface area contributed by atoms with Crippen LogP contribution in [0.3, 0.4) is 0 Å². The number of halogens is 3. The number of aromatic nitrogens is 4. The van der Waals surface area contributed by atoms with Gasteiger partial charge < -0.3 is 20.2 Å². The number of aliphatic carboxylic acids is 1. The molecule has 3 heterocycles. The third-order valence-electron chi connectivity index (χ3n) is 4.65. The lowest BCUT2D eigenvalue weighted by atomic mass is 10.1. The maximum atomic E-state index is 12.4. The fourth-order valence-corrected chi connectivity index (χ4v) is 3.12. The number of carboxylic acids is 1. The molecule has 3 aromatic rings. The number of carbonyl (C=O) groups is 2. The average molecular weight is 477 g/mol. The Balaban J connectivity index is 0.000000406. The summed E-state index contributed by atoms with van der Waals surface area (Å²) in [5.41, 5.74) is 1.22. The number of carbonyl (C=O) groups excluding carboxylic acids is 1. The van der Waals surface area contributed by atoms with Gasteiger partial charge in [-0.15, -0.1) is 0 Å². The number of alkyl halides is 3. The van der Waals surface area contributed by atoms with Crippen LogP contribution in [0, 0.1) is 11.3 Å². The molecule has 0 saturated carbocycles. The summed E-state index contributed by atoms with van der Waals surface area (Å²) in [5.74, 6) is -2.66. The fourth-order valence-electron chi connectivity index (χ4n) is 3.12. The first kappa shape index (κ1) is 24.4. The summed E-state index contributed by atoms with van der Waals surface area (Å²) < 4.78 is 39.1. The van der Waals surface area contributed by atoms with E-state index in [-0.39, 0.29) is 23.9 Å². The molecule has 34 heavy (non-hydrogen) atoms. The van der Waals surface area contributed by atoms with Gasteiger partial charge in [0.1, 0.15) is 12.7 Å². The number of nitrogens with zero attached hydrogens (tertiary/aromatic N) is 5. The lowest BCUT2D eigenvalue weighted by Gasteiger charge is -2.11. The monoisotopic (exact) mass is 477 g/mol. The van der Waals surface area contributed by atoms with E-state index < -0.39 is 12.1 Å². The normalized spacial score (nSPS) is 17.4. The second-order valence-electron chi connectivity index (χ2n) is 7.15. The highest BCUT2D eigenvalue weighted by atomic mass is 19.4. The molecule has 1 saturated heterocycles. The highest BCUT2D eigenvalue weighted by Crippen LogP contribution is 2.21. The molecule has 0 radical (unpaired) electrons. The predicted octanol–water partition coefficient (Wildman–Crippen LogP) is 1.60. The number of hydrogen-bond acceptors (Lipinski definition) is 8. The second kappa shape index (κ2) is 10.6. The maximum absolute atomic E-state index is 12.4. The zero-order chi connectivity index (χ0) is 24.7. The first-order chi connectivity index (χ1) is 16.2. The fraction of sp³-hybridized carbons (Fsp3) is 0.300. The largest absolute Gasteiger partial charge is 0.490 e. The van der Waals surface area contributed by atoms with E-state index in [9.17, 15) is 18.0 Å². The van der Waals surface area contributed by atoms with E-state index in [0.29, 0.717) is 30.0 Å². The first-order valence-electron chi connectivity index (χ1n) is 9.79. The highest BCUT2D eigenvalue weighted by Gasteiger charge is 2.38. The Labute approximate surface area is 190 Å². The van der Waals surface area contributed by atoms with Gasteiger partial charge in [-0.1, -0.05) is 12.1 Å². The molecule has 3 N–H and O–H groups in total. The van der Waals surface area contributed by atoms with Crippen LogP contribution in [0.1, 0.15) is 22.7 Å². The number of rotatable bonds is 5. The summed E-state index contributed by atoms with van der Waals surface area (Å²) in [5, 5.41) is 26.5. The SMILES string of the molecule is N#Cc1cccc(-c2cnc(C(=O)N[C@H]3CN[C@H](Cn4cncn4)C3)o2)c1.O=C(O)C(F)(F)F. The molecular formula is C20H18F3N7O4. The molecule has 4 rings (SSSR count). The van der Waals surface area contributed by atoms with Gasteiger partial charge in [0.2, 0.25) is 0 Å². The van der Waals surface area contributed by atoms with Crippen LogP contribution >= 0.6 is 0 Å². The molecule has 2 atom stereocenters. The highest BCUT2D eigenvalue weighted by molar-refractivity contribution is 5.90. The summed E-state index contributed by atoms with van der Waals surface area (Å²) in [6.07, 6.45) is 0.360. The lowest BCUT2D eigenvalue weighted by molar-refractivity contribution is -0.192. The molecule has 1 aliphatic heterocycles. The molecule has 0 spiro atoms. The number of nitrogens with one attached hydrogen (secondary N) is 2. The third kappa shape index (κ3) is 6.62. The van der Waals surface area contributed by atoms with Crippen LogP contribution in [0.2, 0.25) is 0 Å². The molecule has 0 unspecified atom stereocenters. The molecule has 14 heteroatoms. The van der Waals surface area contributed by atoms with Gasteiger partial charge in [0.25, 0.3) is 5.89 Å². The van der Waals surface area contributed by atoms with Crippen molar-refractivity contribution in [2.75, 3.05) is 6.54 Å². The van der Waals surface area contributed by atoms with E-state index in [1.807, 2.05) is 0 Å². The standard InChI is InChI=1S/C18H17N7O2.C2HF3O2/c19-6-12-2-1-3-13(4-12)16-8-22-18(27-16)17(26)24-14-5-15(21-7-14)9-25-11-20-10-23-25;3-2(4,5)1(6)7/h1-4,8,10-11,14-15,21H,5,7,9H2,(H,24,26);(H,6,7)/t14-,15+;/m1./s1. The Bertz CT molecular complexity index is 1170. The van der Waals surface area contributed by atoms with Crippen LogP contribution in [-0.2, 0) is 11.3 Å².